The first-order valence-corrected chi connectivity index (χ1v) is 42.0. The van der Waals surface area contributed by atoms with Crippen LogP contribution in [0.15, 0.2) is 0 Å². The van der Waals surface area contributed by atoms with Crippen molar-refractivity contribution >= 4 is 39.5 Å². The molecule has 0 heterocycles. The summed E-state index contributed by atoms with van der Waals surface area (Å²) in [7, 11) is -9.90. The van der Waals surface area contributed by atoms with Crippen molar-refractivity contribution in [1.29, 1.82) is 0 Å². The smallest absolute Gasteiger partial charge is 0.462 e. The van der Waals surface area contributed by atoms with Crippen LogP contribution in [0.1, 0.15) is 388 Å². The molecule has 0 bridgehead atoms. The molecule has 558 valence electrons. The first-order chi connectivity index (χ1) is 45.4. The summed E-state index contributed by atoms with van der Waals surface area (Å²) in [5.41, 5.74) is 0. The number of aliphatic hydroxyl groups excluding tert-OH is 1. The summed E-state index contributed by atoms with van der Waals surface area (Å²) < 4.78 is 68.4. The topological polar surface area (TPSA) is 237 Å². The molecule has 3 N–H and O–H groups in total. The number of rotatable bonds is 74. The Balaban J connectivity index is 5.18. The fourth-order valence-electron chi connectivity index (χ4n) is 11.5. The van der Waals surface area contributed by atoms with Gasteiger partial charge in [0.25, 0.3) is 0 Å². The van der Waals surface area contributed by atoms with Crippen LogP contribution in [0.5, 0.6) is 0 Å². The van der Waals surface area contributed by atoms with Crippen LogP contribution in [-0.4, -0.2) is 96.7 Å². The number of hydrogen-bond acceptors (Lipinski definition) is 15. The molecule has 0 aliphatic heterocycles. The molecule has 0 rings (SSSR count). The first-order valence-electron chi connectivity index (χ1n) is 39.0. The Morgan fingerprint density at radius 1 is 0.287 bits per heavy atom. The van der Waals surface area contributed by atoms with E-state index in [1.54, 1.807) is 0 Å². The predicted octanol–water partition coefficient (Wildman–Crippen LogP) is 21.9. The molecule has 0 aromatic carbocycles. The summed E-state index contributed by atoms with van der Waals surface area (Å²) in [6, 6.07) is 0. The van der Waals surface area contributed by atoms with Gasteiger partial charge in [-0.2, -0.15) is 0 Å². The third kappa shape index (κ3) is 68.6. The van der Waals surface area contributed by atoms with E-state index in [-0.39, 0.29) is 25.7 Å². The number of carbonyl (C=O) groups is 4. The van der Waals surface area contributed by atoms with Gasteiger partial charge in [0.15, 0.2) is 12.2 Å². The van der Waals surface area contributed by atoms with Gasteiger partial charge in [0, 0.05) is 25.7 Å². The SMILES string of the molecule is CCCCCCCCCCCCCCCCCCCCC(=O)OC[C@H](COP(=O)(O)OC[C@@H](O)COP(=O)(O)OC[C@@H](COC(=O)CCCCCCCCC)OC(=O)CCCCCCCCCCC(C)C)OC(=O)CCCCCCCCCCCCCCCCCC(C)C. The Kier molecular flexibility index (Phi) is 65.5. The molecule has 17 nitrogen and oxygen atoms in total. The maximum atomic E-state index is 13.1. The molecule has 0 amide bonds. The number of phosphoric acid groups is 2. The molecule has 0 aromatic heterocycles. The lowest BCUT2D eigenvalue weighted by atomic mass is 10.0. The van der Waals surface area contributed by atoms with E-state index in [4.69, 9.17) is 37.0 Å². The molecule has 0 radical (unpaired) electrons. The number of aliphatic hydroxyl groups is 1. The average Bonchev–Trinajstić information content (AvgIpc) is 1.33. The van der Waals surface area contributed by atoms with Crippen LogP contribution in [0.4, 0.5) is 0 Å². The van der Waals surface area contributed by atoms with Crippen molar-refractivity contribution in [3.63, 3.8) is 0 Å². The Labute approximate surface area is 575 Å². The molecule has 19 heteroatoms. The molecule has 2 unspecified atom stereocenters. The lowest BCUT2D eigenvalue weighted by Crippen LogP contribution is -2.30. The van der Waals surface area contributed by atoms with Crippen LogP contribution >= 0.6 is 15.6 Å². The van der Waals surface area contributed by atoms with Crippen LogP contribution in [0, 0.1) is 11.8 Å². The van der Waals surface area contributed by atoms with Gasteiger partial charge in [0.2, 0.25) is 0 Å². The van der Waals surface area contributed by atoms with Crippen LogP contribution in [0.2, 0.25) is 0 Å². The van der Waals surface area contributed by atoms with E-state index >= 15 is 0 Å². The van der Waals surface area contributed by atoms with E-state index < -0.39 is 97.5 Å². The zero-order valence-corrected chi connectivity index (χ0v) is 63.1. The second-order valence-electron chi connectivity index (χ2n) is 28.0. The Morgan fingerprint density at radius 3 is 0.723 bits per heavy atom. The summed E-state index contributed by atoms with van der Waals surface area (Å²) >= 11 is 0. The molecule has 5 atom stereocenters. The van der Waals surface area contributed by atoms with Crippen molar-refractivity contribution in [2.45, 2.75) is 407 Å². The lowest BCUT2D eigenvalue weighted by molar-refractivity contribution is -0.161. The molecular weight excluding hydrogens is 1230 g/mol. The second kappa shape index (κ2) is 66.9. The van der Waals surface area contributed by atoms with Crippen molar-refractivity contribution in [3.05, 3.63) is 0 Å². The molecule has 0 aromatic rings. The van der Waals surface area contributed by atoms with Crippen LogP contribution in [0.3, 0.4) is 0 Å². The number of esters is 4. The van der Waals surface area contributed by atoms with Gasteiger partial charge < -0.3 is 33.8 Å². The fourth-order valence-corrected chi connectivity index (χ4v) is 13.1. The van der Waals surface area contributed by atoms with E-state index in [0.29, 0.717) is 25.7 Å². The zero-order chi connectivity index (χ0) is 69.3. The largest absolute Gasteiger partial charge is 0.472 e. The van der Waals surface area contributed by atoms with E-state index in [1.165, 1.54) is 193 Å². The monoisotopic (exact) mass is 1380 g/mol. The van der Waals surface area contributed by atoms with E-state index in [2.05, 4.69) is 41.5 Å². The summed E-state index contributed by atoms with van der Waals surface area (Å²) in [6.07, 6.45) is 54.4. The molecular formula is C75H146O17P2. The van der Waals surface area contributed by atoms with Crippen molar-refractivity contribution in [2.75, 3.05) is 39.6 Å². The molecule has 94 heavy (non-hydrogen) atoms. The minimum absolute atomic E-state index is 0.104. The number of carbonyl (C=O) groups excluding carboxylic acids is 4. The van der Waals surface area contributed by atoms with Gasteiger partial charge in [-0.3, -0.25) is 37.3 Å². The molecule has 0 aliphatic rings. The van der Waals surface area contributed by atoms with Gasteiger partial charge in [-0.15, -0.1) is 0 Å². The van der Waals surface area contributed by atoms with Gasteiger partial charge in [0.05, 0.1) is 26.4 Å². The van der Waals surface area contributed by atoms with Crippen LogP contribution in [-0.2, 0) is 65.4 Å². The molecule has 0 aliphatic carbocycles. The third-order valence-electron chi connectivity index (χ3n) is 17.5. The normalized spacial score (nSPS) is 14.0. The molecule has 0 fully saturated rings. The third-order valence-corrected chi connectivity index (χ3v) is 19.4. The van der Waals surface area contributed by atoms with Crippen molar-refractivity contribution in [1.82, 2.24) is 0 Å². The predicted molar refractivity (Wildman–Crippen MR) is 381 cm³/mol. The Bertz CT molecular complexity index is 1820. The van der Waals surface area contributed by atoms with Crippen LogP contribution < -0.4 is 0 Å². The van der Waals surface area contributed by atoms with E-state index in [0.717, 1.165) is 115 Å². The molecule has 0 saturated carbocycles. The Morgan fingerprint density at radius 2 is 0.489 bits per heavy atom. The highest BCUT2D eigenvalue weighted by molar-refractivity contribution is 7.47. The van der Waals surface area contributed by atoms with Crippen molar-refractivity contribution in [3.8, 4) is 0 Å². The van der Waals surface area contributed by atoms with Gasteiger partial charge in [0.1, 0.15) is 19.3 Å². The van der Waals surface area contributed by atoms with Crippen LogP contribution in [0.25, 0.3) is 0 Å². The summed E-state index contributed by atoms with van der Waals surface area (Å²) in [6.45, 7) is 9.53. The number of unbranched alkanes of at least 4 members (excludes halogenated alkanes) is 44. The van der Waals surface area contributed by atoms with Gasteiger partial charge in [-0.05, 0) is 37.5 Å². The highest BCUT2D eigenvalue weighted by atomic mass is 31.2. The minimum Gasteiger partial charge on any atom is -0.462 e. The van der Waals surface area contributed by atoms with E-state index in [9.17, 15) is 43.2 Å². The van der Waals surface area contributed by atoms with E-state index in [1.807, 2.05) is 0 Å². The summed E-state index contributed by atoms with van der Waals surface area (Å²) in [5, 5.41) is 10.6. The maximum absolute atomic E-state index is 13.1. The fraction of sp³-hybridized carbons (Fsp3) is 0.947. The van der Waals surface area contributed by atoms with Crippen molar-refractivity contribution in [2.24, 2.45) is 11.8 Å². The zero-order valence-electron chi connectivity index (χ0n) is 61.3. The lowest BCUT2D eigenvalue weighted by Gasteiger charge is -2.21. The first kappa shape index (κ1) is 92.1. The van der Waals surface area contributed by atoms with Gasteiger partial charge >= 0.3 is 39.5 Å². The summed E-state index contributed by atoms with van der Waals surface area (Å²) in [5.74, 6) is -0.602. The number of hydrogen-bond donors (Lipinski definition) is 3. The van der Waals surface area contributed by atoms with Gasteiger partial charge in [-0.1, -0.05) is 337 Å². The summed E-state index contributed by atoms with van der Waals surface area (Å²) in [4.78, 5) is 72.6. The average molecular weight is 1380 g/mol. The molecule has 0 spiro atoms. The highest BCUT2D eigenvalue weighted by Gasteiger charge is 2.30. The highest BCUT2D eigenvalue weighted by Crippen LogP contribution is 2.45. The molecule has 0 saturated heterocycles. The van der Waals surface area contributed by atoms with Gasteiger partial charge in [-0.25, -0.2) is 9.13 Å². The maximum Gasteiger partial charge on any atom is 0.472 e. The second-order valence-corrected chi connectivity index (χ2v) is 30.9. The number of phosphoric ester groups is 2. The number of ether oxygens (including phenoxy) is 4. The quantitative estimate of drug-likeness (QED) is 0.0222. The minimum atomic E-state index is -4.96. The van der Waals surface area contributed by atoms with Crippen molar-refractivity contribution < 1.29 is 80.2 Å². The Hall–Kier alpha value is -1.94. The standard InChI is InChI=1S/C75H146O17P2/c1-7-9-11-13-15-16-17-18-19-20-21-24-27-30-33-40-46-52-58-73(78)86-64-71(91-74(79)59-53-47-41-34-31-28-25-22-23-26-29-32-38-43-49-55-67(3)4)66-90-94(83,84)88-62-69(76)61-87-93(81,82)89-65-70(63-85-72(77)57-51-45-37-14-12-10-8-2)92-75(80)60-54-48-42-36-35-39-44-50-56-68(5)6/h67-71,76H,7-66H2,1-6H3,(H,81,82)(H,83,84)/t69-,70+,71+/m0/s1.